The summed E-state index contributed by atoms with van der Waals surface area (Å²) in [6, 6.07) is 7.60. The minimum Gasteiger partial charge on any atom is -0.341 e. The van der Waals surface area contributed by atoms with Crippen molar-refractivity contribution in [3.8, 4) is 11.3 Å². The van der Waals surface area contributed by atoms with Gasteiger partial charge in [0.1, 0.15) is 0 Å². The predicted octanol–water partition coefficient (Wildman–Crippen LogP) is 2.81. The lowest BCUT2D eigenvalue weighted by molar-refractivity contribution is -0.131. The number of hydrogen-bond acceptors (Lipinski definition) is 3. The van der Waals surface area contributed by atoms with Crippen LogP contribution in [0.15, 0.2) is 36.8 Å². The summed E-state index contributed by atoms with van der Waals surface area (Å²) in [5, 5.41) is 0. The first-order chi connectivity index (χ1) is 12.7. The number of benzene rings is 1. The lowest BCUT2D eigenvalue weighted by atomic mass is 10.1. The highest BCUT2D eigenvalue weighted by Gasteiger charge is 2.36. The topological polar surface area (TPSA) is 58.4 Å². The van der Waals surface area contributed by atoms with E-state index in [1.807, 2.05) is 68.6 Å². The van der Waals surface area contributed by atoms with Crippen LogP contribution in [-0.2, 0) is 11.8 Å². The molecule has 2 amide bonds. The molecule has 0 unspecified atom stereocenters. The number of amides is 2. The van der Waals surface area contributed by atoms with Crippen LogP contribution >= 0.6 is 0 Å². The first kappa shape index (κ1) is 19.1. The summed E-state index contributed by atoms with van der Waals surface area (Å²) in [5.74, 6) is 0.318. The first-order valence-corrected chi connectivity index (χ1v) is 9.29. The molecular formula is C21H28N4O2. The maximum atomic E-state index is 12.9. The van der Waals surface area contributed by atoms with Crippen molar-refractivity contribution in [1.29, 1.82) is 0 Å². The summed E-state index contributed by atoms with van der Waals surface area (Å²) in [7, 11) is 3.74. The number of likely N-dealkylation sites (tertiary alicyclic amines) is 1. The van der Waals surface area contributed by atoms with Crippen LogP contribution in [-0.4, -0.2) is 56.8 Å². The third-order valence-electron chi connectivity index (χ3n) is 5.12. The van der Waals surface area contributed by atoms with Crippen LogP contribution in [0.1, 0.15) is 37.6 Å². The molecule has 1 aromatic carbocycles. The van der Waals surface area contributed by atoms with Gasteiger partial charge in [0.2, 0.25) is 5.91 Å². The Bertz CT molecular complexity index is 850. The van der Waals surface area contributed by atoms with Crippen LogP contribution in [0.2, 0.25) is 0 Å². The minimum atomic E-state index is -0.175. The standard InChI is InChI=1S/C21H28N4O2/c1-21(2,3)25-13-15(9-19(25)26)12-23(4)20(27)17-8-6-7-16(10-17)18-11-22-14-24(18)5/h6-8,10-11,14-15H,9,12-13H2,1-5H3/t15-/m1/s1. The molecule has 0 saturated carbocycles. The van der Waals surface area contributed by atoms with Gasteiger partial charge in [-0.25, -0.2) is 4.98 Å². The van der Waals surface area contributed by atoms with E-state index in [2.05, 4.69) is 4.98 Å². The normalized spacial score (nSPS) is 17.4. The van der Waals surface area contributed by atoms with E-state index in [0.717, 1.165) is 11.3 Å². The molecule has 0 radical (unpaired) electrons. The molecule has 2 aromatic rings. The Hall–Kier alpha value is -2.63. The lowest BCUT2D eigenvalue weighted by Crippen LogP contribution is -2.43. The summed E-state index contributed by atoms with van der Waals surface area (Å²) in [4.78, 5) is 33.0. The van der Waals surface area contributed by atoms with Crippen LogP contribution in [0, 0.1) is 5.92 Å². The number of imidazole rings is 1. The molecule has 6 heteroatoms. The second kappa shape index (κ2) is 7.18. The minimum absolute atomic E-state index is 0.0272. The summed E-state index contributed by atoms with van der Waals surface area (Å²) in [5.41, 5.74) is 2.40. The molecule has 144 valence electrons. The Morgan fingerprint density at radius 1 is 1.33 bits per heavy atom. The van der Waals surface area contributed by atoms with Gasteiger partial charge in [-0.2, -0.15) is 0 Å². The van der Waals surface area contributed by atoms with Gasteiger partial charge < -0.3 is 14.4 Å². The zero-order chi connectivity index (χ0) is 19.8. The fourth-order valence-electron chi connectivity index (χ4n) is 3.69. The van der Waals surface area contributed by atoms with Gasteiger partial charge in [0.25, 0.3) is 5.91 Å². The van der Waals surface area contributed by atoms with Crippen LogP contribution in [0.3, 0.4) is 0 Å². The summed E-state index contributed by atoms with van der Waals surface area (Å²) < 4.78 is 1.93. The second-order valence-electron chi connectivity index (χ2n) is 8.40. The van der Waals surface area contributed by atoms with Crippen molar-refractivity contribution in [3.05, 3.63) is 42.4 Å². The van der Waals surface area contributed by atoms with Crippen molar-refractivity contribution in [2.45, 2.75) is 32.7 Å². The average molecular weight is 368 g/mol. The van der Waals surface area contributed by atoms with Crippen LogP contribution in [0.5, 0.6) is 0 Å². The molecule has 1 atom stereocenters. The van der Waals surface area contributed by atoms with Gasteiger partial charge in [0, 0.05) is 56.2 Å². The highest BCUT2D eigenvalue weighted by Crippen LogP contribution is 2.27. The van der Waals surface area contributed by atoms with Gasteiger partial charge in [-0.05, 0) is 32.9 Å². The third-order valence-corrected chi connectivity index (χ3v) is 5.12. The Kier molecular flexibility index (Phi) is 5.09. The molecule has 1 aliphatic heterocycles. The number of hydrogen-bond donors (Lipinski definition) is 0. The predicted molar refractivity (Wildman–Crippen MR) is 105 cm³/mol. The average Bonchev–Trinajstić information content (AvgIpc) is 3.19. The van der Waals surface area contributed by atoms with Crippen molar-refractivity contribution >= 4 is 11.8 Å². The highest BCUT2D eigenvalue weighted by atomic mass is 16.2. The molecule has 1 saturated heterocycles. The molecule has 1 fully saturated rings. The van der Waals surface area contributed by atoms with E-state index in [0.29, 0.717) is 25.1 Å². The van der Waals surface area contributed by atoms with E-state index in [4.69, 9.17) is 0 Å². The monoisotopic (exact) mass is 368 g/mol. The Morgan fingerprint density at radius 3 is 2.67 bits per heavy atom. The smallest absolute Gasteiger partial charge is 0.253 e. The molecule has 3 rings (SSSR count). The summed E-state index contributed by atoms with van der Waals surface area (Å²) >= 11 is 0. The maximum Gasteiger partial charge on any atom is 0.253 e. The van der Waals surface area contributed by atoms with Crippen LogP contribution < -0.4 is 0 Å². The van der Waals surface area contributed by atoms with E-state index < -0.39 is 0 Å². The van der Waals surface area contributed by atoms with E-state index in [9.17, 15) is 9.59 Å². The fourth-order valence-corrected chi connectivity index (χ4v) is 3.69. The molecule has 1 aromatic heterocycles. The van der Waals surface area contributed by atoms with E-state index >= 15 is 0 Å². The van der Waals surface area contributed by atoms with E-state index in [1.165, 1.54) is 0 Å². The Balaban J connectivity index is 1.70. The second-order valence-corrected chi connectivity index (χ2v) is 8.40. The highest BCUT2D eigenvalue weighted by molar-refractivity contribution is 5.95. The number of aryl methyl sites for hydroxylation is 1. The van der Waals surface area contributed by atoms with Gasteiger partial charge in [0.05, 0.1) is 18.2 Å². The van der Waals surface area contributed by atoms with Gasteiger partial charge in [-0.3, -0.25) is 9.59 Å². The molecule has 0 bridgehead atoms. The van der Waals surface area contributed by atoms with Gasteiger partial charge in [0.15, 0.2) is 0 Å². The van der Waals surface area contributed by atoms with Crippen molar-refractivity contribution < 1.29 is 9.59 Å². The van der Waals surface area contributed by atoms with E-state index in [1.54, 1.807) is 17.4 Å². The SMILES string of the molecule is CN(C[C@H]1CC(=O)N(C(C)(C)C)C1)C(=O)c1cccc(-c2cncn2C)c1. The van der Waals surface area contributed by atoms with Crippen molar-refractivity contribution in [2.75, 3.05) is 20.1 Å². The summed E-state index contributed by atoms with van der Waals surface area (Å²) in [6.07, 6.45) is 4.04. The molecule has 0 N–H and O–H groups in total. The van der Waals surface area contributed by atoms with E-state index in [-0.39, 0.29) is 23.3 Å². The molecule has 27 heavy (non-hydrogen) atoms. The Morgan fingerprint density at radius 2 is 2.07 bits per heavy atom. The van der Waals surface area contributed by atoms with Crippen LogP contribution in [0.4, 0.5) is 0 Å². The number of aromatic nitrogens is 2. The number of rotatable bonds is 4. The lowest BCUT2D eigenvalue weighted by Gasteiger charge is -2.32. The molecular weight excluding hydrogens is 340 g/mol. The first-order valence-electron chi connectivity index (χ1n) is 9.29. The van der Waals surface area contributed by atoms with Crippen molar-refractivity contribution in [3.63, 3.8) is 0 Å². The largest absolute Gasteiger partial charge is 0.341 e. The molecule has 1 aliphatic rings. The Labute approximate surface area is 160 Å². The quantitative estimate of drug-likeness (QED) is 0.834. The van der Waals surface area contributed by atoms with Crippen molar-refractivity contribution in [1.82, 2.24) is 19.4 Å². The van der Waals surface area contributed by atoms with Gasteiger partial charge in [-0.1, -0.05) is 12.1 Å². The van der Waals surface area contributed by atoms with Crippen LogP contribution in [0.25, 0.3) is 11.3 Å². The molecule has 0 spiro atoms. The zero-order valence-electron chi connectivity index (χ0n) is 16.8. The van der Waals surface area contributed by atoms with Gasteiger partial charge >= 0.3 is 0 Å². The molecule has 0 aliphatic carbocycles. The molecule has 2 heterocycles. The number of carbonyl (C=O) groups is 2. The number of carbonyl (C=O) groups excluding carboxylic acids is 2. The fraction of sp³-hybridized carbons (Fsp3) is 0.476. The number of nitrogens with zero attached hydrogens (tertiary/aromatic N) is 4. The van der Waals surface area contributed by atoms with Crippen molar-refractivity contribution in [2.24, 2.45) is 13.0 Å². The maximum absolute atomic E-state index is 12.9. The zero-order valence-corrected chi connectivity index (χ0v) is 16.8. The third kappa shape index (κ3) is 4.04. The van der Waals surface area contributed by atoms with Gasteiger partial charge in [-0.15, -0.1) is 0 Å². The molecule has 6 nitrogen and oxygen atoms in total. The summed E-state index contributed by atoms with van der Waals surface area (Å²) in [6.45, 7) is 7.42.